The molecule has 21 heavy (non-hydrogen) atoms. The van der Waals surface area contributed by atoms with Crippen molar-refractivity contribution in [3.05, 3.63) is 55.4 Å². The third-order valence-electron chi connectivity index (χ3n) is 3.30. The van der Waals surface area contributed by atoms with Crippen LogP contribution in [-0.2, 0) is 6.54 Å². The number of halogens is 3. The van der Waals surface area contributed by atoms with Crippen LogP contribution in [0.5, 0.6) is 11.5 Å². The van der Waals surface area contributed by atoms with Gasteiger partial charge in [-0.3, -0.25) is 0 Å². The number of nitrogens with one attached hydrogen (secondary N) is 1. The summed E-state index contributed by atoms with van der Waals surface area (Å²) in [6.07, 6.45) is 2.57. The summed E-state index contributed by atoms with van der Waals surface area (Å²) >= 11 is 10.5. The van der Waals surface area contributed by atoms with E-state index in [2.05, 4.69) is 59.2 Å². The molecular weight excluding hydrogens is 462 g/mol. The Kier molecular flexibility index (Phi) is 5.04. The van der Waals surface area contributed by atoms with Gasteiger partial charge in [0.25, 0.3) is 0 Å². The van der Waals surface area contributed by atoms with Crippen LogP contribution in [-0.4, -0.2) is 6.04 Å². The SMILES string of the molecule is Brc1ccc(Oc2cc(Br)ccc2CNC2CC2)c(Br)c1. The van der Waals surface area contributed by atoms with Crippen molar-refractivity contribution in [3.8, 4) is 11.5 Å². The second kappa shape index (κ2) is 6.82. The molecule has 1 aliphatic carbocycles. The molecule has 0 bridgehead atoms. The van der Waals surface area contributed by atoms with E-state index < -0.39 is 0 Å². The minimum atomic E-state index is 0.681. The van der Waals surface area contributed by atoms with Crippen LogP contribution < -0.4 is 10.1 Å². The first kappa shape index (κ1) is 15.5. The van der Waals surface area contributed by atoms with Crippen molar-refractivity contribution in [2.45, 2.75) is 25.4 Å². The molecule has 0 atom stereocenters. The molecule has 1 fully saturated rings. The molecule has 1 N–H and O–H groups in total. The molecule has 0 heterocycles. The summed E-state index contributed by atoms with van der Waals surface area (Å²) in [6, 6.07) is 12.7. The van der Waals surface area contributed by atoms with Crippen LogP contribution in [0.3, 0.4) is 0 Å². The van der Waals surface area contributed by atoms with E-state index in [-0.39, 0.29) is 0 Å². The standard InChI is InChI=1S/C16H14Br3NO/c17-11-3-6-15(14(19)7-11)21-16-8-12(18)2-1-10(16)9-20-13-4-5-13/h1-3,6-8,13,20H,4-5,9H2. The van der Waals surface area contributed by atoms with Gasteiger partial charge in [-0.05, 0) is 59.1 Å². The van der Waals surface area contributed by atoms with Crippen LogP contribution in [0.2, 0.25) is 0 Å². The third kappa shape index (κ3) is 4.31. The van der Waals surface area contributed by atoms with Crippen LogP contribution in [0.15, 0.2) is 49.8 Å². The number of rotatable bonds is 5. The quantitative estimate of drug-likeness (QED) is 0.571. The maximum Gasteiger partial charge on any atom is 0.141 e. The van der Waals surface area contributed by atoms with Crippen molar-refractivity contribution in [1.29, 1.82) is 0 Å². The van der Waals surface area contributed by atoms with Crippen LogP contribution in [0.25, 0.3) is 0 Å². The fourth-order valence-corrected chi connectivity index (χ4v) is 3.46. The highest BCUT2D eigenvalue weighted by Crippen LogP contribution is 2.35. The molecule has 0 aliphatic heterocycles. The summed E-state index contributed by atoms with van der Waals surface area (Å²) in [5, 5.41) is 3.53. The summed E-state index contributed by atoms with van der Waals surface area (Å²) in [4.78, 5) is 0. The zero-order chi connectivity index (χ0) is 14.8. The first-order valence-electron chi connectivity index (χ1n) is 6.76. The number of hydrogen-bond donors (Lipinski definition) is 1. The minimum Gasteiger partial charge on any atom is -0.456 e. The molecule has 0 radical (unpaired) electrons. The van der Waals surface area contributed by atoms with Gasteiger partial charge in [0.1, 0.15) is 11.5 Å². The molecule has 0 spiro atoms. The molecule has 0 unspecified atom stereocenters. The van der Waals surface area contributed by atoms with Crippen molar-refractivity contribution < 1.29 is 4.74 Å². The predicted octanol–water partition coefficient (Wildman–Crippen LogP) is 6.02. The fourth-order valence-electron chi connectivity index (χ4n) is 1.99. The highest BCUT2D eigenvalue weighted by atomic mass is 79.9. The average molecular weight is 476 g/mol. The Bertz CT molecular complexity index is 656. The summed E-state index contributed by atoms with van der Waals surface area (Å²) in [7, 11) is 0. The van der Waals surface area contributed by atoms with Gasteiger partial charge >= 0.3 is 0 Å². The Morgan fingerprint density at radius 1 is 0.952 bits per heavy atom. The molecule has 2 aromatic carbocycles. The van der Waals surface area contributed by atoms with Gasteiger partial charge in [0, 0.05) is 27.1 Å². The van der Waals surface area contributed by atoms with Gasteiger partial charge in [-0.25, -0.2) is 0 Å². The molecular formula is C16H14Br3NO. The van der Waals surface area contributed by atoms with E-state index in [1.807, 2.05) is 30.3 Å². The lowest BCUT2D eigenvalue weighted by molar-refractivity contribution is 0.469. The number of hydrogen-bond acceptors (Lipinski definition) is 2. The Labute approximate surface area is 149 Å². The second-order valence-electron chi connectivity index (χ2n) is 5.08. The third-order valence-corrected chi connectivity index (χ3v) is 4.91. The van der Waals surface area contributed by atoms with E-state index >= 15 is 0 Å². The summed E-state index contributed by atoms with van der Waals surface area (Å²) in [5.41, 5.74) is 1.17. The fraction of sp³-hybridized carbons (Fsp3) is 0.250. The van der Waals surface area contributed by atoms with Gasteiger partial charge in [0.05, 0.1) is 4.47 Å². The Morgan fingerprint density at radius 3 is 2.38 bits per heavy atom. The number of benzene rings is 2. The molecule has 2 nitrogen and oxygen atoms in total. The largest absolute Gasteiger partial charge is 0.456 e. The topological polar surface area (TPSA) is 21.3 Å². The normalized spacial score (nSPS) is 14.2. The van der Waals surface area contributed by atoms with E-state index in [1.165, 1.54) is 18.4 Å². The van der Waals surface area contributed by atoms with Gasteiger partial charge < -0.3 is 10.1 Å². The number of ether oxygens (including phenoxy) is 1. The van der Waals surface area contributed by atoms with E-state index in [0.29, 0.717) is 6.04 Å². The van der Waals surface area contributed by atoms with Crippen molar-refractivity contribution in [2.75, 3.05) is 0 Å². The molecule has 0 amide bonds. The van der Waals surface area contributed by atoms with Gasteiger partial charge in [-0.1, -0.05) is 37.9 Å². The van der Waals surface area contributed by atoms with Gasteiger partial charge in [0.2, 0.25) is 0 Å². The summed E-state index contributed by atoms with van der Waals surface area (Å²) in [5.74, 6) is 1.68. The maximum atomic E-state index is 6.09. The summed E-state index contributed by atoms with van der Waals surface area (Å²) < 4.78 is 9.05. The minimum absolute atomic E-state index is 0.681. The smallest absolute Gasteiger partial charge is 0.141 e. The lowest BCUT2D eigenvalue weighted by Crippen LogP contribution is -2.15. The summed E-state index contributed by atoms with van der Waals surface area (Å²) in [6.45, 7) is 0.835. The van der Waals surface area contributed by atoms with Crippen LogP contribution in [0.4, 0.5) is 0 Å². The molecule has 5 heteroatoms. The highest BCUT2D eigenvalue weighted by molar-refractivity contribution is 9.11. The molecule has 2 aromatic rings. The first-order valence-corrected chi connectivity index (χ1v) is 9.14. The Balaban J connectivity index is 1.83. The lowest BCUT2D eigenvalue weighted by atomic mass is 10.2. The Morgan fingerprint density at radius 2 is 1.67 bits per heavy atom. The molecule has 0 aromatic heterocycles. The van der Waals surface area contributed by atoms with Crippen LogP contribution in [0, 0.1) is 0 Å². The van der Waals surface area contributed by atoms with Crippen molar-refractivity contribution >= 4 is 47.8 Å². The van der Waals surface area contributed by atoms with Crippen molar-refractivity contribution in [3.63, 3.8) is 0 Å². The first-order chi connectivity index (χ1) is 10.1. The molecule has 1 aliphatic rings. The average Bonchev–Trinajstić information content (AvgIpc) is 3.25. The van der Waals surface area contributed by atoms with E-state index in [4.69, 9.17) is 4.74 Å². The predicted molar refractivity (Wildman–Crippen MR) is 95.9 cm³/mol. The van der Waals surface area contributed by atoms with E-state index in [1.54, 1.807) is 0 Å². The molecule has 110 valence electrons. The van der Waals surface area contributed by atoms with E-state index in [0.717, 1.165) is 31.5 Å². The highest BCUT2D eigenvalue weighted by Gasteiger charge is 2.20. The molecule has 0 saturated heterocycles. The Hall–Kier alpha value is -0.360. The van der Waals surface area contributed by atoms with Crippen LogP contribution >= 0.6 is 47.8 Å². The second-order valence-corrected chi connectivity index (χ2v) is 7.77. The van der Waals surface area contributed by atoms with Crippen molar-refractivity contribution in [1.82, 2.24) is 5.32 Å². The van der Waals surface area contributed by atoms with Crippen molar-refractivity contribution in [2.24, 2.45) is 0 Å². The van der Waals surface area contributed by atoms with Gasteiger partial charge in [0.15, 0.2) is 0 Å². The van der Waals surface area contributed by atoms with Gasteiger partial charge in [-0.2, -0.15) is 0 Å². The monoisotopic (exact) mass is 473 g/mol. The zero-order valence-electron chi connectivity index (χ0n) is 11.2. The van der Waals surface area contributed by atoms with Crippen LogP contribution in [0.1, 0.15) is 18.4 Å². The van der Waals surface area contributed by atoms with Gasteiger partial charge in [-0.15, -0.1) is 0 Å². The zero-order valence-corrected chi connectivity index (χ0v) is 16.0. The lowest BCUT2D eigenvalue weighted by Gasteiger charge is -2.13. The maximum absolute atomic E-state index is 6.09. The molecule has 1 saturated carbocycles. The molecule has 3 rings (SSSR count). The van der Waals surface area contributed by atoms with E-state index in [9.17, 15) is 0 Å².